The molecule has 0 aliphatic carbocycles. The van der Waals surface area contributed by atoms with Crippen molar-refractivity contribution in [1.82, 2.24) is 25.3 Å². The van der Waals surface area contributed by atoms with Gasteiger partial charge >= 0.3 is 0 Å². The zero-order valence-corrected chi connectivity index (χ0v) is 17.8. The van der Waals surface area contributed by atoms with Gasteiger partial charge in [-0.05, 0) is 17.7 Å². The summed E-state index contributed by atoms with van der Waals surface area (Å²) < 4.78 is 0. The Morgan fingerprint density at radius 3 is 2.42 bits per heavy atom. The first-order valence-electron chi connectivity index (χ1n) is 10.2. The average Bonchev–Trinajstić information content (AvgIpc) is 3.29. The van der Waals surface area contributed by atoms with Gasteiger partial charge in [-0.2, -0.15) is 5.10 Å². The molecule has 0 saturated carbocycles. The van der Waals surface area contributed by atoms with Crippen LogP contribution in [-0.2, 0) is 11.3 Å². The largest absolute Gasteiger partial charge is 0.343 e. The Balaban J connectivity index is 1.27. The van der Waals surface area contributed by atoms with E-state index in [0.29, 0.717) is 29.4 Å². The molecule has 2 aromatic carbocycles. The van der Waals surface area contributed by atoms with Crippen LogP contribution in [0.1, 0.15) is 15.9 Å². The molecule has 0 radical (unpaired) electrons. The molecule has 4 rings (SSSR count). The normalized spacial score (nSPS) is 14.4. The van der Waals surface area contributed by atoms with E-state index >= 15 is 0 Å². The maximum Gasteiger partial charge on any atom is 0.255 e. The first-order valence-corrected chi connectivity index (χ1v) is 10.6. The van der Waals surface area contributed by atoms with Crippen molar-refractivity contribution < 1.29 is 9.59 Å². The third-order valence-electron chi connectivity index (χ3n) is 5.39. The predicted molar refractivity (Wildman–Crippen MR) is 120 cm³/mol. The van der Waals surface area contributed by atoms with Crippen molar-refractivity contribution in [3.63, 3.8) is 0 Å². The topological polar surface area (TPSA) is 81.3 Å². The number of hydrogen-bond acceptors (Lipinski definition) is 4. The second-order valence-corrected chi connectivity index (χ2v) is 7.93. The molecule has 2 heterocycles. The predicted octanol–water partition coefficient (Wildman–Crippen LogP) is 2.80. The summed E-state index contributed by atoms with van der Waals surface area (Å²) in [5.41, 5.74) is 3.05. The highest BCUT2D eigenvalue weighted by Gasteiger charge is 2.22. The van der Waals surface area contributed by atoms with E-state index in [1.165, 1.54) is 11.8 Å². The van der Waals surface area contributed by atoms with Gasteiger partial charge < -0.3 is 10.2 Å². The number of benzene rings is 2. The molecule has 1 fully saturated rings. The first-order chi connectivity index (χ1) is 15.1. The summed E-state index contributed by atoms with van der Waals surface area (Å²) in [5, 5.41) is 10.2. The molecule has 0 atom stereocenters. The number of halogens is 1. The molecule has 3 aromatic rings. The fourth-order valence-corrected chi connectivity index (χ4v) is 3.78. The van der Waals surface area contributed by atoms with Crippen LogP contribution in [-0.4, -0.2) is 64.5 Å². The van der Waals surface area contributed by atoms with Gasteiger partial charge in [0.15, 0.2) is 0 Å². The number of amides is 2. The minimum atomic E-state index is -0.338. The first kappa shape index (κ1) is 21.1. The molecule has 7 nitrogen and oxygen atoms in total. The van der Waals surface area contributed by atoms with Crippen LogP contribution >= 0.6 is 11.6 Å². The van der Waals surface area contributed by atoms with Crippen LogP contribution in [0.4, 0.5) is 0 Å². The molecule has 0 unspecified atom stereocenters. The molecule has 160 valence electrons. The zero-order valence-electron chi connectivity index (χ0n) is 17.1. The van der Waals surface area contributed by atoms with Crippen molar-refractivity contribution in [3.05, 3.63) is 76.9 Å². The van der Waals surface area contributed by atoms with E-state index in [9.17, 15) is 9.59 Å². The number of aromatic nitrogens is 2. The lowest BCUT2D eigenvalue weighted by molar-refractivity contribution is -0.131. The third-order valence-corrected chi connectivity index (χ3v) is 5.64. The molecule has 0 bridgehead atoms. The van der Waals surface area contributed by atoms with Crippen LogP contribution in [0.5, 0.6) is 0 Å². The van der Waals surface area contributed by atoms with E-state index in [4.69, 9.17) is 11.6 Å². The van der Waals surface area contributed by atoms with Crippen molar-refractivity contribution in [3.8, 4) is 11.3 Å². The number of nitrogens with zero attached hydrogens (tertiary/aromatic N) is 3. The fourth-order valence-electron chi connectivity index (χ4n) is 3.65. The van der Waals surface area contributed by atoms with E-state index in [1.807, 2.05) is 30.3 Å². The quantitative estimate of drug-likeness (QED) is 0.621. The molecule has 1 aromatic heterocycles. The summed E-state index contributed by atoms with van der Waals surface area (Å²) in [7, 11) is 0. The lowest BCUT2D eigenvalue weighted by Crippen LogP contribution is -2.50. The number of aromatic amines is 1. The highest BCUT2D eigenvalue weighted by molar-refractivity contribution is 6.30. The average molecular weight is 438 g/mol. The summed E-state index contributed by atoms with van der Waals surface area (Å²) >= 11 is 5.93. The standard InChI is InChI=1S/C23H24ClN5O2/c24-19-8-6-18(7-9-19)22-20(14-26-27-22)23(31)25-15-21(30)29-12-10-28(11-13-29)16-17-4-2-1-3-5-17/h1-9,14H,10-13,15-16H2,(H,25,31)(H,26,27). The van der Waals surface area contributed by atoms with Gasteiger partial charge in [0, 0.05) is 43.3 Å². The minimum absolute atomic E-state index is 0.0389. The smallest absolute Gasteiger partial charge is 0.255 e. The summed E-state index contributed by atoms with van der Waals surface area (Å²) in [4.78, 5) is 29.4. The highest BCUT2D eigenvalue weighted by atomic mass is 35.5. The summed E-state index contributed by atoms with van der Waals surface area (Å²) in [5.74, 6) is -0.418. The van der Waals surface area contributed by atoms with Gasteiger partial charge in [-0.15, -0.1) is 0 Å². The van der Waals surface area contributed by atoms with Crippen molar-refractivity contribution in [2.45, 2.75) is 6.54 Å². The Kier molecular flexibility index (Phi) is 6.64. The maximum atomic E-state index is 12.6. The maximum absolute atomic E-state index is 12.6. The van der Waals surface area contributed by atoms with Gasteiger partial charge in [0.1, 0.15) is 0 Å². The Bertz CT molecular complexity index is 1030. The summed E-state index contributed by atoms with van der Waals surface area (Å²) in [6.45, 7) is 3.79. The second kappa shape index (κ2) is 9.76. The Labute approximate surface area is 186 Å². The number of carbonyl (C=O) groups excluding carboxylic acids is 2. The van der Waals surface area contributed by atoms with Crippen molar-refractivity contribution in [1.29, 1.82) is 0 Å². The van der Waals surface area contributed by atoms with Gasteiger partial charge in [0.25, 0.3) is 5.91 Å². The number of H-pyrrole nitrogens is 1. The molecule has 31 heavy (non-hydrogen) atoms. The highest BCUT2D eigenvalue weighted by Crippen LogP contribution is 2.22. The molecule has 8 heteroatoms. The molecular weight excluding hydrogens is 414 g/mol. The van der Waals surface area contributed by atoms with Crippen molar-refractivity contribution >= 4 is 23.4 Å². The summed E-state index contributed by atoms with van der Waals surface area (Å²) in [6.07, 6.45) is 1.46. The Morgan fingerprint density at radius 2 is 1.71 bits per heavy atom. The van der Waals surface area contributed by atoms with E-state index in [1.54, 1.807) is 17.0 Å². The summed E-state index contributed by atoms with van der Waals surface area (Å²) in [6, 6.07) is 17.4. The Morgan fingerprint density at radius 1 is 1.00 bits per heavy atom. The molecule has 1 aliphatic heterocycles. The van der Waals surface area contributed by atoms with E-state index < -0.39 is 0 Å². The number of hydrogen-bond donors (Lipinski definition) is 2. The van der Waals surface area contributed by atoms with Gasteiger partial charge in [0.05, 0.1) is 24.0 Å². The second-order valence-electron chi connectivity index (χ2n) is 7.49. The molecule has 2 N–H and O–H groups in total. The van der Waals surface area contributed by atoms with Crippen LogP contribution in [0.15, 0.2) is 60.8 Å². The van der Waals surface area contributed by atoms with Crippen LogP contribution < -0.4 is 5.32 Å². The van der Waals surface area contributed by atoms with Crippen molar-refractivity contribution in [2.75, 3.05) is 32.7 Å². The van der Waals surface area contributed by atoms with Crippen LogP contribution in [0.25, 0.3) is 11.3 Å². The number of carbonyl (C=O) groups is 2. The molecule has 0 spiro atoms. The molecule has 2 amide bonds. The molecule has 1 saturated heterocycles. The lowest BCUT2D eigenvalue weighted by atomic mass is 10.1. The fraction of sp³-hybridized carbons (Fsp3) is 0.261. The van der Waals surface area contributed by atoms with Gasteiger partial charge in [-0.3, -0.25) is 19.6 Å². The lowest BCUT2D eigenvalue weighted by Gasteiger charge is -2.34. The van der Waals surface area contributed by atoms with Crippen LogP contribution in [0.3, 0.4) is 0 Å². The Hall–Kier alpha value is -3.16. The number of nitrogens with one attached hydrogen (secondary N) is 2. The third kappa shape index (κ3) is 5.31. The molecule has 1 aliphatic rings. The van der Waals surface area contributed by atoms with E-state index in [-0.39, 0.29) is 18.4 Å². The SMILES string of the molecule is O=C(NCC(=O)N1CCN(Cc2ccccc2)CC1)c1cn[nH]c1-c1ccc(Cl)cc1. The van der Waals surface area contributed by atoms with Crippen LogP contribution in [0, 0.1) is 0 Å². The molecular formula is C23H24ClN5O2. The number of piperazine rings is 1. The zero-order chi connectivity index (χ0) is 21.6. The van der Waals surface area contributed by atoms with Gasteiger partial charge in [0.2, 0.25) is 5.91 Å². The monoisotopic (exact) mass is 437 g/mol. The van der Waals surface area contributed by atoms with Crippen molar-refractivity contribution in [2.24, 2.45) is 0 Å². The minimum Gasteiger partial charge on any atom is -0.343 e. The number of rotatable bonds is 6. The van der Waals surface area contributed by atoms with Crippen LogP contribution in [0.2, 0.25) is 5.02 Å². The van der Waals surface area contributed by atoms with E-state index in [0.717, 1.165) is 25.2 Å². The van der Waals surface area contributed by atoms with Gasteiger partial charge in [-0.1, -0.05) is 54.1 Å². The van der Waals surface area contributed by atoms with E-state index in [2.05, 4.69) is 32.5 Å². The van der Waals surface area contributed by atoms with Gasteiger partial charge in [-0.25, -0.2) is 0 Å².